The molecular weight excluding hydrogens is 415 g/mol. The summed E-state index contributed by atoms with van der Waals surface area (Å²) in [5.41, 5.74) is 0.291. The lowest BCUT2D eigenvalue weighted by Crippen LogP contribution is -2.41. The fourth-order valence-corrected chi connectivity index (χ4v) is 4.29. The first-order valence-corrected chi connectivity index (χ1v) is 11.4. The first-order valence-electron chi connectivity index (χ1n) is 11.0. The van der Waals surface area contributed by atoms with Crippen molar-refractivity contribution in [3.8, 4) is 0 Å². The van der Waals surface area contributed by atoms with Gasteiger partial charge in [-0.25, -0.2) is 0 Å². The third-order valence-corrected chi connectivity index (χ3v) is 6.08. The van der Waals surface area contributed by atoms with E-state index in [0.717, 1.165) is 36.5 Å². The van der Waals surface area contributed by atoms with E-state index in [1.165, 1.54) is 69.2 Å². The molecule has 30 heavy (non-hydrogen) atoms. The second-order valence-electron chi connectivity index (χ2n) is 8.19. The first-order chi connectivity index (χ1) is 14.3. The van der Waals surface area contributed by atoms with Crippen LogP contribution in [-0.2, 0) is 4.79 Å². The van der Waals surface area contributed by atoms with Crippen molar-refractivity contribution < 1.29 is 22.8 Å². The van der Waals surface area contributed by atoms with Gasteiger partial charge >= 0.3 is 12.1 Å². The summed E-state index contributed by atoms with van der Waals surface area (Å²) < 4.78 is 39.0. The van der Waals surface area contributed by atoms with Gasteiger partial charge in [-0.15, -0.1) is 0 Å². The van der Waals surface area contributed by atoms with Crippen molar-refractivity contribution in [2.45, 2.75) is 83.2 Å². The van der Waals surface area contributed by atoms with Gasteiger partial charge in [0.25, 0.3) is 5.24 Å². The summed E-state index contributed by atoms with van der Waals surface area (Å²) >= 11 is 5.37. The maximum absolute atomic E-state index is 13.0. The van der Waals surface area contributed by atoms with E-state index < -0.39 is 17.3 Å². The van der Waals surface area contributed by atoms with Crippen LogP contribution in [-0.4, -0.2) is 23.9 Å². The fourth-order valence-electron chi connectivity index (χ4n) is 4.16. The third-order valence-electron chi connectivity index (χ3n) is 5.86. The summed E-state index contributed by atoms with van der Waals surface area (Å²) in [6, 6.07) is 5.30. The van der Waals surface area contributed by atoms with Crippen LogP contribution in [0.4, 0.5) is 18.9 Å². The Kier molecular flexibility index (Phi) is 10.2. The number of hydrogen-bond donors (Lipinski definition) is 0. The Hall–Kier alpha value is -1.56. The molecule has 1 saturated carbocycles. The number of carbonyl (C=O) groups is 2. The topological polar surface area (TPSA) is 37.4 Å². The summed E-state index contributed by atoms with van der Waals surface area (Å²) in [7, 11) is 0. The van der Waals surface area contributed by atoms with E-state index in [2.05, 4.69) is 0 Å². The highest BCUT2D eigenvalue weighted by molar-refractivity contribution is 6.67. The zero-order valence-electron chi connectivity index (χ0n) is 17.4. The van der Waals surface area contributed by atoms with Crippen molar-refractivity contribution in [1.29, 1.82) is 0 Å². The Bertz CT molecular complexity index is 670. The van der Waals surface area contributed by atoms with E-state index >= 15 is 0 Å². The van der Waals surface area contributed by atoms with Crippen LogP contribution in [0.2, 0.25) is 0 Å². The minimum absolute atomic E-state index is 0.00537. The van der Waals surface area contributed by atoms with Gasteiger partial charge in [0, 0.05) is 17.8 Å². The Balaban J connectivity index is 1.74. The molecule has 0 unspecified atom stereocenters. The van der Waals surface area contributed by atoms with E-state index in [1.54, 1.807) is 0 Å². The van der Waals surface area contributed by atoms with Crippen LogP contribution in [0.1, 0.15) is 87.4 Å². The van der Waals surface area contributed by atoms with Crippen LogP contribution in [0.25, 0.3) is 0 Å². The maximum atomic E-state index is 13.0. The molecule has 1 aromatic rings. The zero-order chi connectivity index (χ0) is 22.0. The van der Waals surface area contributed by atoms with Gasteiger partial charge in [-0.1, -0.05) is 70.6 Å². The van der Waals surface area contributed by atoms with Crippen LogP contribution < -0.4 is 4.90 Å². The summed E-state index contributed by atoms with van der Waals surface area (Å²) in [5, 5.41) is -0.696. The normalized spacial score (nSPS) is 15.2. The Morgan fingerprint density at radius 2 is 1.47 bits per heavy atom. The average molecular weight is 446 g/mol. The fraction of sp³-hybridized carbons (Fsp3) is 0.652. The highest BCUT2D eigenvalue weighted by Crippen LogP contribution is 2.28. The number of benzene rings is 1. The molecule has 7 heteroatoms. The molecule has 0 spiro atoms. The van der Waals surface area contributed by atoms with Crippen molar-refractivity contribution in [3.63, 3.8) is 0 Å². The van der Waals surface area contributed by atoms with Gasteiger partial charge in [0.15, 0.2) is 0 Å². The lowest BCUT2D eigenvalue weighted by Gasteiger charge is -2.24. The monoisotopic (exact) mass is 445 g/mol. The zero-order valence-corrected chi connectivity index (χ0v) is 18.1. The van der Waals surface area contributed by atoms with E-state index in [1.807, 2.05) is 0 Å². The maximum Gasteiger partial charge on any atom is 0.471 e. The van der Waals surface area contributed by atoms with E-state index in [9.17, 15) is 22.8 Å². The van der Waals surface area contributed by atoms with Gasteiger partial charge in [0.05, 0.1) is 0 Å². The number of hydrogen-bond acceptors (Lipinski definition) is 2. The van der Waals surface area contributed by atoms with Crippen molar-refractivity contribution >= 4 is 28.4 Å². The number of amides is 1. The number of nitrogens with zero attached hydrogens (tertiary/aromatic N) is 1. The molecule has 0 atom stereocenters. The summed E-state index contributed by atoms with van der Waals surface area (Å²) in [6.07, 6.45) is 8.89. The van der Waals surface area contributed by atoms with Crippen molar-refractivity contribution in [1.82, 2.24) is 0 Å². The molecule has 168 valence electrons. The predicted molar refractivity (Wildman–Crippen MR) is 114 cm³/mol. The molecule has 3 nitrogen and oxygen atoms in total. The highest BCUT2D eigenvalue weighted by atomic mass is 35.5. The number of rotatable bonds is 11. The second-order valence-corrected chi connectivity index (χ2v) is 8.53. The highest BCUT2D eigenvalue weighted by Gasteiger charge is 2.42. The molecule has 1 amide bonds. The lowest BCUT2D eigenvalue weighted by atomic mass is 9.85. The van der Waals surface area contributed by atoms with E-state index in [0.29, 0.717) is 6.42 Å². The second kappa shape index (κ2) is 12.3. The van der Waals surface area contributed by atoms with Crippen molar-refractivity contribution in [2.24, 2.45) is 5.92 Å². The first kappa shape index (κ1) is 24.7. The van der Waals surface area contributed by atoms with Gasteiger partial charge in [0.1, 0.15) is 0 Å². The molecule has 0 N–H and O–H groups in total. The van der Waals surface area contributed by atoms with E-state index in [4.69, 9.17) is 11.6 Å². The molecule has 0 heterocycles. The molecule has 0 aromatic heterocycles. The number of unbranched alkanes of at least 4 members (excludes halogenated alkanes) is 5. The van der Waals surface area contributed by atoms with Crippen molar-refractivity contribution in [2.75, 3.05) is 11.4 Å². The summed E-state index contributed by atoms with van der Waals surface area (Å²) in [5.74, 6) is -0.999. The third kappa shape index (κ3) is 8.29. The molecule has 1 aliphatic carbocycles. The predicted octanol–water partition coefficient (Wildman–Crippen LogP) is 7.27. The largest absolute Gasteiger partial charge is 0.471 e. The minimum Gasteiger partial charge on any atom is -0.305 e. The van der Waals surface area contributed by atoms with Crippen LogP contribution >= 0.6 is 11.6 Å². The number of alkyl halides is 3. The van der Waals surface area contributed by atoms with Crippen LogP contribution in [0.15, 0.2) is 24.3 Å². The summed E-state index contributed by atoms with van der Waals surface area (Å²) in [6.45, 7) is -0.00537. The Labute approximate surface area is 182 Å². The molecule has 0 saturated heterocycles. The number of carbonyl (C=O) groups excluding carboxylic acids is 2. The average Bonchev–Trinajstić information content (AvgIpc) is 2.72. The van der Waals surface area contributed by atoms with Gasteiger partial charge in [-0.2, -0.15) is 13.2 Å². The molecule has 1 aromatic carbocycles. The summed E-state index contributed by atoms with van der Waals surface area (Å²) in [4.78, 5) is 23.7. The van der Waals surface area contributed by atoms with Crippen LogP contribution in [0, 0.1) is 5.92 Å². The SMILES string of the molecule is O=C(Cl)c1ccc(N(CCCCCCCCC2CCCCC2)C(=O)C(F)(F)F)cc1. The van der Waals surface area contributed by atoms with Gasteiger partial charge in [0.2, 0.25) is 0 Å². The Morgan fingerprint density at radius 3 is 2.03 bits per heavy atom. The molecule has 2 rings (SSSR count). The standard InChI is InChI=1S/C23H31ClF3NO2/c24-21(29)19-13-15-20(16-14-19)28(22(30)23(25,26)27)17-9-4-2-1-3-6-10-18-11-7-5-8-12-18/h13-16,18H,1-12,17H2. The van der Waals surface area contributed by atoms with Crippen LogP contribution in [0.3, 0.4) is 0 Å². The van der Waals surface area contributed by atoms with Crippen molar-refractivity contribution in [3.05, 3.63) is 29.8 Å². The van der Waals surface area contributed by atoms with E-state index in [-0.39, 0.29) is 17.8 Å². The molecule has 0 radical (unpaired) electrons. The van der Waals surface area contributed by atoms with Crippen LogP contribution in [0.5, 0.6) is 0 Å². The quantitative estimate of drug-likeness (QED) is 0.265. The van der Waals surface area contributed by atoms with Gasteiger partial charge in [-0.3, -0.25) is 9.59 Å². The molecule has 0 bridgehead atoms. The number of halogens is 4. The molecular formula is C23H31ClF3NO2. The number of anilines is 1. The van der Waals surface area contributed by atoms with Gasteiger partial charge in [-0.05, 0) is 48.2 Å². The molecule has 1 aliphatic rings. The molecule has 1 fully saturated rings. The van der Waals surface area contributed by atoms with Gasteiger partial charge < -0.3 is 4.90 Å². The Morgan fingerprint density at radius 1 is 0.900 bits per heavy atom. The molecule has 0 aliphatic heterocycles. The minimum atomic E-state index is -4.94. The smallest absolute Gasteiger partial charge is 0.305 e. The lowest BCUT2D eigenvalue weighted by molar-refractivity contribution is -0.170.